The van der Waals surface area contributed by atoms with Crippen molar-refractivity contribution in [2.75, 3.05) is 11.9 Å². The van der Waals surface area contributed by atoms with E-state index < -0.39 is 0 Å². The molecule has 0 saturated heterocycles. The quantitative estimate of drug-likeness (QED) is 0.688. The van der Waals surface area contributed by atoms with Crippen LogP contribution in [0.25, 0.3) is 0 Å². The van der Waals surface area contributed by atoms with E-state index in [0.717, 1.165) is 17.7 Å². The van der Waals surface area contributed by atoms with Gasteiger partial charge in [-0.25, -0.2) is 4.39 Å². The Labute approximate surface area is 76.4 Å². The summed E-state index contributed by atoms with van der Waals surface area (Å²) in [5.41, 5.74) is 1.55. The van der Waals surface area contributed by atoms with Crippen LogP contribution in [0.5, 0.6) is 0 Å². The molecule has 0 radical (unpaired) electrons. The zero-order chi connectivity index (χ0) is 9.47. The number of anilines is 1. The van der Waals surface area contributed by atoms with Crippen molar-refractivity contribution in [2.45, 2.75) is 18.9 Å². The molecule has 0 amide bonds. The largest absolute Gasteiger partial charge is 0.394 e. The highest BCUT2D eigenvalue weighted by molar-refractivity contribution is 5.58. The van der Waals surface area contributed by atoms with Crippen molar-refractivity contribution in [3.63, 3.8) is 0 Å². The Kier molecular flexibility index (Phi) is 1.77. The molecule has 1 aliphatic rings. The van der Waals surface area contributed by atoms with Crippen molar-refractivity contribution in [1.82, 2.24) is 0 Å². The average Bonchev–Trinajstić information content (AvgIpc) is 2.42. The van der Waals surface area contributed by atoms with Gasteiger partial charge in [-0.05, 0) is 31.0 Å². The number of hydrogen-bond acceptors (Lipinski definition) is 2. The zero-order valence-corrected chi connectivity index (χ0v) is 7.47. The third-order valence-electron chi connectivity index (χ3n) is 2.44. The van der Waals surface area contributed by atoms with E-state index in [1.165, 1.54) is 12.1 Å². The van der Waals surface area contributed by atoms with Gasteiger partial charge in [0.15, 0.2) is 0 Å². The van der Waals surface area contributed by atoms with Gasteiger partial charge in [0.2, 0.25) is 0 Å². The molecule has 2 rings (SSSR count). The van der Waals surface area contributed by atoms with Crippen LogP contribution in [0.3, 0.4) is 0 Å². The number of halogens is 1. The zero-order valence-electron chi connectivity index (χ0n) is 7.47. The lowest BCUT2D eigenvalue weighted by Gasteiger charge is -2.21. The first-order valence-corrected chi connectivity index (χ1v) is 4.30. The minimum Gasteiger partial charge on any atom is -0.394 e. The van der Waals surface area contributed by atoms with Gasteiger partial charge in [-0.15, -0.1) is 0 Å². The van der Waals surface area contributed by atoms with E-state index in [0.29, 0.717) is 0 Å². The summed E-state index contributed by atoms with van der Waals surface area (Å²) in [5, 5.41) is 12.2. The maximum atomic E-state index is 12.8. The Bertz CT molecular complexity index is 340. The maximum absolute atomic E-state index is 12.8. The van der Waals surface area contributed by atoms with Gasteiger partial charge in [0.05, 0.1) is 12.1 Å². The molecule has 0 bridgehead atoms. The Balaban J connectivity index is 2.35. The van der Waals surface area contributed by atoms with Gasteiger partial charge < -0.3 is 10.4 Å². The van der Waals surface area contributed by atoms with E-state index >= 15 is 0 Å². The average molecular weight is 181 g/mol. The lowest BCUT2D eigenvalue weighted by Crippen LogP contribution is -2.36. The predicted molar refractivity (Wildman–Crippen MR) is 49.2 cm³/mol. The van der Waals surface area contributed by atoms with Crippen molar-refractivity contribution >= 4 is 5.69 Å². The number of hydrogen-bond donors (Lipinski definition) is 2. The Hall–Kier alpha value is -1.09. The number of fused-ring (bicyclic) bond motifs is 1. The van der Waals surface area contributed by atoms with Crippen molar-refractivity contribution in [3.8, 4) is 0 Å². The Morgan fingerprint density at radius 2 is 2.38 bits per heavy atom. The topological polar surface area (TPSA) is 32.3 Å². The fourth-order valence-electron chi connectivity index (χ4n) is 1.70. The second-order valence-electron chi connectivity index (χ2n) is 3.82. The van der Waals surface area contributed by atoms with Crippen LogP contribution in [0.2, 0.25) is 0 Å². The highest BCUT2D eigenvalue weighted by Crippen LogP contribution is 2.32. The van der Waals surface area contributed by atoms with Crippen LogP contribution in [-0.4, -0.2) is 17.3 Å². The molecule has 2 nitrogen and oxygen atoms in total. The molecule has 13 heavy (non-hydrogen) atoms. The summed E-state index contributed by atoms with van der Waals surface area (Å²) in [5.74, 6) is -0.242. The molecule has 1 aromatic rings. The molecule has 0 saturated carbocycles. The first kappa shape index (κ1) is 8.51. The van der Waals surface area contributed by atoms with Crippen LogP contribution in [-0.2, 0) is 6.42 Å². The van der Waals surface area contributed by atoms with Gasteiger partial charge >= 0.3 is 0 Å². The van der Waals surface area contributed by atoms with E-state index in [4.69, 9.17) is 5.11 Å². The molecule has 0 fully saturated rings. The summed E-state index contributed by atoms with van der Waals surface area (Å²) >= 11 is 0. The molecule has 1 aromatic carbocycles. The maximum Gasteiger partial charge on any atom is 0.125 e. The lowest BCUT2D eigenvalue weighted by atomic mass is 9.99. The van der Waals surface area contributed by atoms with Crippen LogP contribution in [0.1, 0.15) is 12.5 Å². The number of benzene rings is 1. The molecular formula is C10H12FNO. The van der Waals surface area contributed by atoms with E-state index in [9.17, 15) is 4.39 Å². The SMILES string of the molecule is CC1(CO)Cc2ccc(F)cc2N1. The highest BCUT2D eigenvalue weighted by Gasteiger charge is 2.31. The van der Waals surface area contributed by atoms with Crippen molar-refractivity contribution in [3.05, 3.63) is 29.6 Å². The first-order valence-electron chi connectivity index (χ1n) is 4.30. The molecule has 3 heteroatoms. The van der Waals surface area contributed by atoms with Gasteiger partial charge in [-0.2, -0.15) is 0 Å². The van der Waals surface area contributed by atoms with Crippen LogP contribution in [0, 0.1) is 5.82 Å². The van der Waals surface area contributed by atoms with Gasteiger partial charge in [-0.1, -0.05) is 6.07 Å². The van der Waals surface area contributed by atoms with Crippen molar-refractivity contribution in [2.24, 2.45) is 0 Å². The highest BCUT2D eigenvalue weighted by atomic mass is 19.1. The molecule has 1 unspecified atom stereocenters. The summed E-state index contributed by atoms with van der Waals surface area (Å²) in [4.78, 5) is 0. The number of aliphatic hydroxyl groups excluding tert-OH is 1. The monoisotopic (exact) mass is 181 g/mol. The van der Waals surface area contributed by atoms with E-state index in [1.807, 2.05) is 6.92 Å². The summed E-state index contributed by atoms with van der Waals surface area (Å²) in [7, 11) is 0. The lowest BCUT2D eigenvalue weighted by molar-refractivity contribution is 0.227. The Morgan fingerprint density at radius 1 is 1.62 bits per heavy atom. The molecular weight excluding hydrogens is 169 g/mol. The van der Waals surface area contributed by atoms with Crippen LogP contribution in [0.15, 0.2) is 18.2 Å². The smallest absolute Gasteiger partial charge is 0.125 e. The van der Waals surface area contributed by atoms with E-state index in [1.54, 1.807) is 6.07 Å². The number of nitrogens with one attached hydrogen (secondary N) is 1. The first-order chi connectivity index (χ1) is 6.13. The third-order valence-corrected chi connectivity index (χ3v) is 2.44. The second kappa shape index (κ2) is 2.70. The molecule has 1 heterocycles. The fourth-order valence-corrected chi connectivity index (χ4v) is 1.70. The molecule has 0 aromatic heterocycles. The van der Waals surface area contributed by atoms with Crippen LogP contribution < -0.4 is 5.32 Å². The molecule has 0 spiro atoms. The van der Waals surface area contributed by atoms with Crippen LogP contribution in [0.4, 0.5) is 10.1 Å². The van der Waals surface area contributed by atoms with E-state index in [2.05, 4.69) is 5.32 Å². The van der Waals surface area contributed by atoms with Gasteiger partial charge in [0, 0.05) is 5.69 Å². The van der Waals surface area contributed by atoms with Crippen molar-refractivity contribution < 1.29 is 9.50 Å². The molecule has 1 atom stereocenters. The minimum absolute atomic E-state index is 0.0588. The normalized spacial score (nSPS) is 25.5. The molecule has 1 aliphatic heterocycles. The predicted octanol–water partition coefficient (Wildman–Crippen LogP) is 1.54. The number of aliphatic hydroxyl groups is 1. The Morgan fingerprint density at radius 3 is 3.08 bits per heavy atom. The molecule has 0 aliphatic carbocycles. The summed E-state index contributed by atoms with van der Waals surface area (Å²) in [6.07, 6.45) is 0.749. The van der Waals surface area contributed by atoms with Gasteiger partial charge in [0.25, 0.3) is 0 Å². The van der Waals surface area contributed by atoms with Crippen LogP contribution >= 0.6 is 0 Å². The summed E-state index contributed by atoms with van der Waals surface area (Å²) in [6.45, 7) is 1.98. The van der Waals surface area contributed by atoms with E-state index in [-0.39, 0.29) is 18.0 Å². The standard InChI is InChI=1S/C10H12FNO/c1-10(6-13)5-7-2-3-8(11)4-9(7)12-10/h2-4,12-13H,5-6H2,1H3. The second-order valence-corrected chi connectivity index (χ2v) is 3.82. The molecule has 70 valence electrons. The third kappa shape index (κ3) is 1.40. The van der Waals surface area contributed by atoms with Gasteiger partial charge in [-0.3, -0.25) is 0 Å². The number of rotatable bonds is 1. The summed E-state index contributed by atoms with van der Waals surface area (Å²) < 4.78 is 12.8. The van der Waals surface area contributed by atoms with Crippen molar-refractivity contribution in [1.29, 1.82) is 0 Å². The molecule has 2 N–H and O–H groups in total. The summed E-state index contributed by atoms with van der Waals surface area (Å²) in [6, 6.07) is 4.68. The van der Waals surface area contributed by atoms with Gasteiger partial charge in [0.1, 0.15) is 5.82 Å². The minimum atomic E-state index is -0.323. The fraction of sp³-hybridized carbons (Fsp3) is 0.400.